The number of nitro groups is 1. The zero-order valence-electron chi connectivity index (χ0n) is 18.3. The molecule has 34 heavy (non-hydrogen) atoms. The summed E-state index contributed by atoms with van der Waals surface area (Å²) in [5.41, 5.74) is -0.0456. The van der Waals surface area contributed by atoms with Crippen LogP contribution >= 0.6 is 11.8 Å². The predicted molar refractivity (Wildman–Crippen MR) is 127 cm³/mol. The number of rotatable bonds is 8. The Morgan fingerprint density at radius 3 is 2.50 bits per heavy atom. The Labute approximate surface area is 200 Å². The highest BCUT2D eigenvalue weighted by Gasteiger charge is 2.21. The molecule has 1 aliphatic rings. The van der Waals surface area contributed by atoms with Crippen molar-refractivity contribution in [3.05, 3.63) is 82.4 Å². The minimum Gasteiger partial charge on any atom is -0.351 e. The number of nitro benzene ring substituents is 1. The highest BCUT2D eigenvalue weighted by atomic mass is 32.2. The molecule has 11 heteroatoms. The highest BCUT2D eigenvalue weighted by Crippen LogP contribution is 2.34. The van der Waals surface area contributed by atoms with Crippen LogP contribution in [0.2, 0.25) is 0 Å². The maximum absolute atomic E-state index is 14.1. The molecule has 4 rings (SSSR count). The van der Waals surface area contributed by atoms with Crippen molar-refractivity contribution < 1.29 is 14.1 Å². The van der Waals surface area contributed by atoms with Crippen molar-refractivity contribution in [1.29, 1.82) is 0 Å². The maximum Gasteiger partial charge on any atom is 0.270 e. The average molecular weight is 483 g/mol. The molecule has 0 aliphatic carbocycles. The summed E-state index contributed by atoms with van der Waals surface area (Å²) >= 11 is 1.06. The van der Waals surface area contributed by atoms with Crippen molar-refractivity contribution in [3.8, 4) is 0 Å². The molecule has 2 aromatic carbocycles. The van der Waals surface area contributed by atoms with Gasteiger partial charge in [0, 0.05) is 73.6 Å². The number of halogens is 1. The third-order valence-corrected chi connectivity index (χ3v) is 6.52. The molecular weight excluding hydrogens is 459 g/mol. The van der Waals surface area contributed by atoms with Crippen LogP contribution in [0.25, 0.3) is 0 Å². The van der Waals surface area contributed by atoms with Gasteiger partial charge < -0.3 is 10.2 Å². The number of hydrogen-bond donors (Lipinski definition) is 1. The molecule has 1 saturated heterocycles. The third kappa shape index (κ3) is 5.86. The number of piperazine rings is 1. The minimum absolute atomic E-state index is 0.147. The monoisotopic (exact) mass is 482 g/mol. The Kier molecular flexibility index (Phi) is 7.65. The summed E-state index contributed by atoms with van der Waals surface area (Å²) in [6.45, 7) is 4.20. The first-order valence-electron chi connectivity index (χ1n) is 10.7. The number of benzene rings is 2. The van der Waals surface area contributed by atoms with E-state index in [1.165, 1.54) is 24.3 Å². The number of carbonyl (C=O) groups is 1. The lowest BCUT2D eigenvalue weighted by Crippen LogP contribution is -2.49. The number of non-ortho nitro benzene ring substituents is 1. The van der Waals surface area contributed by atoms with E-state index < -0.39 is 16.6 Å². The molecule has 176 valence electrons. The normalized spacial score (nSPS) is 14.1. The molecule has 3 aromatic rings. The van der Waals surface area contributed by atoms with Gasteiger partial charge in [0.05, 0.1) is 10.5 Å². The molecular formula is C23H23FN6O3S. The molecule has 0 unspecified atom stereocenters. The van der Waals surface area contributed by atoms with Crippen molar-refractivity contribution in [2.45, 2.75) is 9.79 Å². The van der Waals surface area contributed by atoms with Gasteiger partial charge in [0.25, 0.3) is 11.6 Å². The van der Waals surface area contributed by atoms with Crippen LogP contribution in [0.5, 0.6) is 0 Å². The van der Waals surface area contributed by atoms with Gasteiger partial charge >= 0.3 is 0 Å². The minimum atomic E-state index is -0.551. The molecule has 1 N–H and O–H groups in total. The summed E-state index contributed by atoms with van der Waals surface area (Å²) in [5, 5.41) is 14.1. The van der Waals surface area contributed by atoms with Gasteiger partial charge in [-0.15, -0.1) is 0 Å². The fourth-order valence-electron chi connectivity index (χ4n) is 3.59. The van der Waals surface area contributed by atoms with Crippen molar-refractivity contribution in [1.82, 2.24) is 20.2 Å². The van der Waals surface area contributed by atoms with E-state index in [0.717, 1.165) is 37.9 Å². The lowest BCUT2D eigenvalue weighted by Gasteiger charge is -2.34. The van der Waals surface area contributed by atoms with E-state index >= 15 is 0 Å². The quantitative estimate of drug-likeness (QED) is 0.386. The number of amides is 1. The standard InChI is InChI=1S/C23H23FN6O3S/c24-19-4-1-2-5-21(19)34-20-7-6-17(30(32)33)16-18(20)22(31)25-10-11-28-12-14-29(15-13-28)23-26-8-3-9-27-23/h1-9,16H,10-15H2,(H,25,31). The molecule has 0 atom stereocenters. The van der Waals surface area contributed by atoms with Crippen molar-refractivity contribution in [2.24, 2.45) is 0 Å². The maximum atomic E-state index is 14.1. The molecule has 0 spiro atoms. The summed E-state index contributed by atoms with van der Waals surface area (Å²) in [7, 11) is 0. The average Bonchev–Trinajstić information content (AvgIpc) is 2.86. The van der Waals surface area contributed by atoms with E-state index in [4.69, 9.17) is 0 Å². The van der Waals surface area contributed by atoms with Crippen LogP contribution < -0.4 is 10.2 Å². The molecule has 9 nitrogen and oxygen atoms in total. The first kappa shape index (κ1) is 23.6. The molecule has 1 aliphatic heterocycles. The second-order valence-corrected chi connectivity index (χ2v) is 8.69. The fraction of sp³-hybridized carbons (Fsp3) is 0.261. The second kappa shape index (κ2) is 11.0. The van der Waals surface area contributed by atoms with Gasteiger partial charge in [0.1, 0.15) is 5.82 Å². The SMILES string of the molecule is O=C(NCCN1CCN(c2ncccn2)CC1)c1cc([N+](=O)[O-])ccc1Sc1ccccc1F. The van der Waals surface area contributed by atoms with Crippen LogP contribution in [0.15, 0.2) is 70.7 Å². The molecule has 2 heterocycles. The molecule has 0 radical (unpaired) electrons. The first-order chi connectivity index (χ1) is 16.5. The Morgan fingerprint density at radius 2 is 1.79 bits per heavy atom. The molecule has 1 aromatic heterocycles. The van der Waals surface area contributed by atoms with Gasteiger partial charge in [-0.05, 0) is 24.3 Å². The lowest BCUT2D eigenvalue weighted by molar-refractivity contribution is -0.384. The van der Waals surface area contributed by atoms with Crippen LogP contribution in [-0.4, -0.2) is 65.0 Å². The molecule has 0 bridgehead atoms. The van der Waals surface area contributed by atoms with Crippen LogP contribution in [0, 0.1) is 15.9 Å². The van der Waals surface area contributed by atoms with E-state index in [9.17, 15) is 19.3 Å². The number of aromatic nitrogens is 2. The van der Waals surface area contributed by atoms with Crippen LogP contribution in [0.3, 0.4) is 0 Å². The summed E-state index contributed by atoms with van der Waals surface area (Å²) in [5.74, 6) is -0.142. The van der Waals surface area contributed by atoms with Crippen molar-refractivity contribution >= 4 is 29.3 Å². The van der Waals surface area contributed by atoms with Crippen LogP contribution in [0.1, 0.15) is 10.4 Å². The zero-order chi connectivity index (χ0) is 23.9. The zero-order valence-corrected chi connectivity index (χ0v) is 19.1. The molecule has 1 amide bonds. The Hall–Kier alpha value is -3.57. The second-order valence-electron chi connectivity index (χ2n) is 7.60. The van der Waals surface area contributed by atoms with Gasteiger partial charge in [0.15, 0.2) is 0 Å². The number of nitrogens with one attached hydrogen (secondary N) is 1. The van der Waals surface area contributed by atoms with Gasteiger partial charge in [0.2, 0.25) is 5.95 Å². The fourth-order valence-corrected chi connectivity index (χ4v) is 4.54. The number of anilines is 1. The third-order valence-electron chi connectivity index (χ3n) is 5.40. The lowest BCUT2D eigenvalue weighted by atomic mass is 10.2. The van der Waals surface area contributed by atoms with E-state index in [1.54, 1.807) is 36.7 Å². The Balaban J connectivity index is 1.36. The first-order valence-corrected chi connectivity index (χ1v) is 11.6. The van der Waals surface area contributed by atoms with E-state index in [2.05, 4.69) is 25.1 Å². The summed E-state index contributed by atoms with van der Waals surface area (Å²) in [4.78, 5) is 37.3. The van der Waals surface area contributed by atoms with Crippen LogP contribution in [0.4, 0.5) is 16.0 Å². The van der Waals surface area contributed by atoms with E-state index in [1.807, 2.05) is 0 Å². The van der Waals surface area contributed by atoms with Gasteiger partial charge in [-0.2, -0.15) is 0 Å². The van der Waals surface area contributed by atoms with Gasteiger partial charge in [-0.3, -0.25) is 19.8 Å². The Bertz CT molecular complexity index is 1160. The number of nitrogens with zero attached hydrogens (tertiary/aromatic N) is 5. The molecule has 1 fully saturated rings. The van der Waals surface area contributed by atoms with Crippen molar-refractivity contribution in [3.63, 3.8) is 0 Å². The summed E-state index contributed by atoms with van der Waals surface area (Å²) in [6.07, 6.45) is 3.44. The number of carbonyl (C=O) groups excluding carboxylic acids is 1. The van der Waals surface area contributed by atoms with Crippen molar-refractivity contribution in [2.75, 3.05) is 44.2 Å². The topological polar surface area (TPSA) is 104 Å². The largest absolute Gasteiger partial charge is 0.351 e. The van der Waals surface area contributed by atoms with Gasteiger partial charge in [-0.1, -0.05) is 23.9 Å². The predicted octanol–water partition coefficient (Wildman–Crippen LogP) is 3.23. The summed E-state index contributed by atoms with van der Waals surface area (Å²) in [6, 6.07) is 12.0. The van der Waals surface area contributed by atoms with E-state index in [-0.39, 0.29) is 11.3 Å². The van der Waals surface area contributed by atoms with Crippen LogP contribution in [-0.2, 0) is 0 Å². The smallest absolute Gasteiger partial charge is 0.270 e. The summed E-state index contributed by atoms with van der Waals surface area (Å²) < 4.78 is 14.1. The van der Waals surface area contributed by atoms with Gasteiger partial charge in [-0.25, -0.2) is 14.4 Å². The number of hydrogen-bond acceptors (Lipinski definition) is 8. The highest BCUT2D eigenvalue weighted by molar-refractivity contribution is 7.99. The molecule has 0 saturated carbocycles. The Morgan fingerprint density at radius 1 is 1.06 bits per heavy atom. The van der Waals surface area contributed by atoms with E-state index in [0.29, 0.717) is 28.8 Å².